The quantitative estimate of drug-likeness (QED) is 0.599. The van der Waals surface area contributed by atoms with E-state index in [1.807, 2.05) is 17.0 Å². The number of anilines is 1. The normalized spacial score (nSPS) is 16.6. The van der Waals surface area contributed by atoms with E-state index in [0.29, 0.717) is 47.5 Å². The van der Waals surface area contributed by atoms with Crippen LogP contribution in [0.1, 0.15) is 28.8 Å². The van der Waals surface area contributed by atoms with Crippen molar-refractivity contribution in [1.29, 1.82) is 0 Å². The summed E-state index contributed by atoms with van der Waals surface area (Å²) in [7, 11) is 0. The number of nitrogens with zero attached hydrogens (tertiary/aromatic N) is 3. The first kappa shape index (κ1) is 21.9. The highest BCUT2D eigenvalue weighted by Gasteiger charge is 2.25. The Morgan fingerprint density at radius 2 is 1.84 bits per heavy atom. The number of likely N-dealkylation sites (tertiary alicyclic amines) is 1. The molecule has 2 aromatic rings. The summed E-state index contributed by atoms with van der Waals surface area (Å²) >= 11 is 12.2. The van der Waals surface area contributed by atoms with Crippen molar-refractivity contribution < 1.29 is 14.3 Å². The van der Waals surface area contributed by atoms with Crippen LogP contribution in [-0.4, -0.2) is 61.1 Å². The molecule has 8 heteroatoms. The third-order valence-electron chi connectivity index (χ3n) is 5.70. The van der Waals surface area contributed by atoms with Gasteiger partial charge in [0, 0.05) is 30.9 Å². The molecule has 0 bridgehead atoms. The zero-order valence-electron chi connectivity index (χ0n) is 17.2. The van der Waals surface area contributed by atoms with Crippen LogP contribution in [0.4, 0.5) is 10.5 Å². The summed E-state index contributed by atoms with van der Waals surface area (Å²) in [5.41, 5.74) is 2.13. The first-order chi connectivity index (χ1) is 15.0. The van der Waals surface area contributed by atoms with Crippen LogP contribution in [0.5, 0.6) is 0 Å². The minimum atomic E-state index is -0.383. The first-order valence-corrected chi connectivity index (χ1v) is 11.3. The summed E-state index contributed by atoms with van der Waals surface area (Å²) in [5, 5.41) is 0.964. The van der Waals surface area contributed by atoms with Crippen LogP contribution in [-0.2, 0) is 11.3 Å². The predicted molar refractivity (Wildman–Crippen MR) is 122 cm³/mol. The Balaban J connectivity index is 1.54. The number of cyclic esters (lactones) is 1. The van der Waals surface area contributed by atoms with Gasteiger partial charge in [0.1, 0.15) is 6.61 Å². The second-order valence-corrected chi connectivity index (χ2v) is 8.65. The number of carbonyl (C=O) groups is 2. The topological polar surface area (TPSA) is 53.1 Å². The fraction of sp³-hybridized carbons (Fsp3) is 0.391. The number of carbonyl (C=O) groups excluding carboxylic acids is 2. The molecule has 0 saturated carbocycles. The Kier molecular flexibility index (Phi) is 7.00. The molecule has 31 heavy (non-hydrogen) atoms. The summed E-state index contributed by atoms with van der Waals surface area (Å²) in [6.45, 7) is 4.84. The summed E-state index contributed by atoms with van der Waals surface area (Å²) in [5.74, 6) is -0.0836. The highest BCUT2D eigenvalue weighted by Crippen LogP contribution is 2.25. The summed E-state index contributed by atoms with van der Waals surface area (Å²) in [6, 6.07) is 12.6. The average Bonchev–Trinajstić information content (AvgIpc) is 3.45. The number of hydrogen-bond donors (Lipinski definition) is 0. The van der Waals surface area contributed by atoms with Gasteiger partial charge in [-0.1, -0.05) is 35.3 Å². The number of halogens is 2. The van der Waals surface area contributed by atoms with Crippen molar-refractivity contribution in [2.45, 2.75) is 19.4 Å². The second-order valence-electron chi connectivity index (χ2n) is 7.84. The molecule has 2 aliphatic heterocycles. The fourth-order valence-electron chi connectivity index (χ4n) is 4.00. The minimum absolute atomic E-state index is 0.0836. The standard InChI is InChI=1S/C23H25Cl2N3O3/c24-20-7-6-17(14-21(20)25)16-27(11-10-26-8-1-2-9-26)22(29)18-4-3-5-19(15-18)28-12-13-31-23(28)30/h3-7,14-15H,1-2,8-13,16H2. The van der Waals surface area contributed by atoms with Crippen LogP contribution >= 0.6 is 23.2 Å². The predicted octanol–water partition coefficient (Wildman–Crippen LogP) is 4.69. The second kappa shape index (κ2) is 9.90. The zero-order chi connectivity index (χ0) is 21.8. The van der Waals surface area contributed by atoms with Crippen LogP contribution < -0.4 is 4.90 Å². The third kappa shape index (κ3) is 5.32. The minimum Gasteiger partial charge on any atom is -0.447 e. The molecule has 2 saturated heterocycles. The van der Waals surface area contributed by atoms with Crippen molar-refractivity contribution >= 4 is 40.9 Å². The van der Waals surface area contributed by atoms with Gasteiger partial charge in [-0.3, -0.25) is 9.69 Å². The molecule has 4 rings (SSSR count). The van der Waals surface area contributed by atoms with E-state index in [2.05, 4.69) is 4.90 Å². The van der Waals surface area contributed by atoms with Gasteiger partial charge in [-0.25, -0.2) is 4.79 Å². The number of rotatable bonds is 7. The molecule has 0 atom stereocenters. The van der Waals surface area contributed by atoms with Gasteiger partial charge in [0.05, 0.1) is 16.6 Å². The molecular formula is C23H25Cl2N3O3. The molecule has 0 aliphatic carbocycles. The fourth-order valence-corrected chi connectivity index (χ4v) is 4.32. The number of hydrogen-bond acceptors (Lipinski definition) is 4. The number of ether oxygens (including phenoxy) is 1. The van der Waals surface area contributed by atoms with E-state index >= 15 is 0 Å². The largest absolute Gasteiger partial charge is 0.447 e. The molecule has 0 spiro atoms. The summed E-state index contributed by atoms with van der Waals surface area (Å²) < 4.78 is 5.03. The molecule has 6 nitrogen and oxygen atoms in total. The molecule has 2 amide bonds. The zero-order valence-corrected chi connectivity index (χ0v) is 18.7. The van der Waals surface area contributed by atoms with Crippen LogP contribution in [0.3, 0.4) is 0 Å². The molecule has 2 heterocycles. The summed E-state index contributed by atoms with van der Waals surface area (Å²) in [6.07, 6.45) is 2.02. The van der Waals surface area contributed by atoms with Crippen LogP contribution in [0.2, 0.25) is 10.0 Å². The van der Waals surface area contributed by atoms with Crippen molar-refractivity contribution in [3.63, 3.8) is 0 Å². The van der Waals surface area contributed by atoms with E-state index in [1.165, 1.54) is 12.8 Å². The maximum absolute atomic E-state index is 13.5. The van der Waals surface area contributed by atoms with E-state index in [1.54, 1.807) is 35.2 Å². The lowest BCUT2D eigenvalue weighted by molar-refractivity contribution is 0.0727. The van der Waals surface area contributed by atoms with Gasteiger partial charge in [0.25, 0.3) is 5.91 Å². The SMILES string of the molecule is O=C(c1cccc(N2CCOC2=O)c1)N(CCN1CCCC1)Cc1ccc(Cl)c(Cl)c1. The molecule has 2 aliphatic rings. The molecule has 164 valence electrons. The lowest BCUT2D eigenvalue weighted by Crippen LogP contribution is -2.37. The van der Waals surface area contributed by atoms with Crippen molar-refractivity contribution in [3.8, 4) is 0 Å². The maximum atomic E-state index is 13.5. The Hall–Kier alpha value is -2.28. The van der Waals surface area contributed by atoms with Crippen molar-refractivity contribution in [2.24, 2.45) is 0 Å². The summed E-state index contributed by atoms with van der Waals surface area (Å²) in [4.78, 5) is 31.1. The smallest absolute Gasteiger partial charge is 0.414 e. The van der Waals surface area contributed by atoms with Crippen LogP contribution in [0.25, 0.3) is 0 Å². The van der Waals surface area contributed by atoms with Gasteiger partial charge >= 0.3 is 6.09 Å². The number of benzene rings is 2. The van der Waals surface area contributed by atoms with Gasteiger partial charge in [0.15, 0.2) is 0 Å². The molecule has 2 aromatic carbocycles. The van der Waals surface area contributed by atoms with Crippen molar-refractivity contribution in [2.75, 3.05) is 44.2 Å². The van der Waals surface area contributed by atoms with E-state index in [-0.39, 0.29) is 12.0 Å². The monoisotopic (exact) mass is 461 g/mol. The van der Waals surface area contributed by atoms with Gasteiger partial charge < -0.3 is 14.5 Å². The van der Waals surface area contributed by atoms with E-state index in [9.17, 15) is 9.59 Å². The molecule has 0 unspecified atom stereocenters. The highest BCUT2D eigenvalue weighted by atomic mass is 35.5. The Bertz CT molecular complexity index is 963. The van der Waals surface area contributed by atoms with E-state index < -0.39 is 0 Å². The lowest BCUT2D eigenvalue weighted by Gasteiger charge is -2.26. The van der Waals surface area contributed by atoms with Gasteiger partial charge in [-0.2, -0.15) is 0 Å². The molecule has 2 fully saturated rings. The van der Waals surface area contributed by atoms with Gasteiger partial charge in [-0.05, 0) is 61.8 Å². The molecule has 0 aromatic heterocycles. The molecule has 0 N–H and O–H groups in total. The number of amides is 2. The lowest BCUT2D eigenvalue weighted by atomic mass is 10.1. The van der Waals surface area contributed by atoms with Crippen molar-refractivity contribution in [3.05, 3.63) is 63.6 Å². The van der Waals surface area contributed by atoms with Gasteiger partial charge in [-0.15, -0.1) is 0 Å². The van der Waals surface area contributed by atoms with E-state index in [4.69, 9.17) is 27.9 Å². The van der Waals surface area contributed by atoms with Crippen molar-refractivity contribution in [1.82, 2.24) is 9.80 Å². The first-order valence-electron chi connectivity index (χ1n) is 10.5. The third-order valence-corrected chi connectivity index (χ3v) is 6.43. The molecule has 0 radical (unpaired) electrons. The van der Waals surface area contributed by atoms with Gasteiger partial charge in [0.2, 0.25) is 0 Å². The molecular weight excluding hydrogens is 437 g/mol. The highest BCUT2D eigenvalue weighted by molar-refractivity contribution is 6.42. The van der Waals surface area contributed by atoms with Crippen LogP contribution in [0, 0.1) is 0 Å². The van der Waals surface area contributed by atoms with Crippen LogP contribution in [0.15, 0.2) is 42.5 Å². The Morgan fingerprint density at radius 3 is 2.55 bits per heavy atom. The Labute approximate surface area is 192 Å². The Morgan fingerprint density at radius 1 is 1.03 bits per heavy atom. The maximum Gasteiger partial charge on any atom is 0.414 e. The van der Waals surface area contributed by atoms with E-state index in [0.717, 1.165) is 25.2 Å². The average molecular weight is 462 g/mol.